The third-order valence-electron chi connectivity index (χ3n) is 7.29. The van der Waals surface area contributed by atoms with E-state index < -0.39 is 10.8 Å². The van der Waals surface area contributed by atoms with Crippen LogP contribution in [0.5, 0.6) is 0 Å². The molecule has 0 saturated carbocycles. The lowest BCUT2D eigenvalue weighted by atomic mass is 9.73. The number of carbonyl (C=O) groups is 3. The Hall–Kier alpha value is -3.22. The highest BCUT2D eigenvalue weighted by atomic mass is 16.2. The van der Waals surface area contributed by atoms with Crippen molar-refractivity contribution in [3.05, 3.63) is 66.0 Å². The smallest absolute Gasteiger partial charge is 0.253 e. The topological polar surface area (TPSA) is 82.6 Å². The lowest BCUT2D eigenvalue weighted by Crippen LogP contribution is -2.59. The van der Waals surface area contributed by atoms with Gasteiger partial charge >= 0.3 is 0 Å². The third-order valence-corrected chi connectivity index (χ3v) is 7.29. The molecule has 2 saturated heterocycles. The van der Waals surface area contributed by atoms with Gasteiger partial charge in [-0.25, -0.2) is 0 Å². The third kappa shape index (κ3) is 4.36. The monoisotopic (exact) mass is 448 g/mol. The lowest BCUT2D eigenvalue weighted by Gasteiger charge is -2.46. The first kappa shape index (κ1) is 23.0. The Morgan fingerprint density at radius 3 is 2.24 bits per heavy atom. The molecule has 3 heterocycles. The standard InChI is InChI=1S/C26H32N4O3/c1-25(13-17-29(18-14-25)22(31)20-9-4-3-5-10-20)24(33)30-16-8-12-26(19-30,23(32)27-2)21-11-6-7-15-28-21/h3-7,9-11,15H,8,12-14,16-19H2,1-2H3,(H,27,32)/t26-/m1/s1. The van der Waals surface area contributed by atoms with Gasteiger partial charge in [0.2, 0.25) is 11.8 Å². The van der Waals surface area contributed by atoms with E-state index in [0.29, 0.717) is 56.7 Å². The second-order valence-corrected chi connectivity index (χ2v) is 9.43. The van der Waals surface area contributed by atoms with E-state index in [2.05, 4.69) is 10.3 Å². The molecule has 1 aromatic heterocycles. The van der Waals surface area contributed by atoms with Crippen molar-refractivity contribution in [2.24, 2.45) is 5.41 Å². The molecule has 7 heteroatoms. The molecular formula is C26H32N4O3. The van der Waals surface area contributed by atoms with Gasteiger partial charge in [-0.15, -0.1) is 0 Å². The molecule has 1 N–H and O–H groups in total. The van der Waals surface area contributed by atoms with Crippen LogP contribution in [0.2, 0.25) is 0 Å². The van der Waals surface area contributed by atoms with Crippen LogP contribution >= 0.6 is 0 Å². The number of hydrogen-bond acceptors (Lipinski definition) is 4. The molecule has 7 nitrogen and oxygen atoms in total. The molecule has 33 heavy (non-hydrogen) atoms. The minimum absolute atomic E-state index is 0.0110. The summed E-state index contributed by atoms with van der Waals surface area (Å²) in [6.45, 7) is 4.04. The molecule has 0 radical (unpaired) electrons. The number of nitrogens with one attached hydrogen (secondary N) is 1. The van der Waals surface area contributed by atoms with Crippen molar-refractivity contribution in [3.63, 3.8) is 0 Å². The van der Waals surface area contributed by atoms with Crippen molar-refractivity contribution in [1.82, 2.24) is 20.1 Å². The molecule has 1 atom stereocenters. The summed E-state index contributed by atoms with van der Waals surface area (Å²) < 4.78 is 0. The van der Waals surface area contributed by atoms with E-state index in [-0.39, 0.29) is 17.7 Å². The quantitative estimate of drug-likeness (QED) is 0.780. The van der Waals surface area contributed by atoms with Crippen molar-refractivity contribution in [1.29, 1.82) is 0 Å². The summed E-state index contributed by atoms with van der Waals surface area (Å²) in [6.07, 6.45) is 4.31. The zero-order chi connectivity index (χ0) is 23.5. The minimum atomic E-state index is -0.843. The molecule has 2 fully saturated rings. The van der Waals surface area contributed by atoms with Crippen LogP contribution in [-0.2, 0) is 15.0 Å². The van der Waals surface area contributed by atoms with Gasteiger partial charge in [0.05, 0.1) is 5.69 Å². The van der Waals surface area contributed by atoms with Gasteiger partial charge < -0.3 is 15.1 Å². The normalized spacial score (nSPS) is 22.5. The van der Waals surface area contributed by atoms with Crippen LogP contribution in [0.4, 0.5) is 0 Å². The summed E-state index contributed by atoms with van der Waals surface area (Å²) >= 11 is 0. The van der Waals surface area contributed by atoms with Gasteiger partial charge in [-0.1, -0.05) is 31.2 Å². The van der Waals surface area contributed by atoms with Crippen LogP contribution < -0.4 is 5.32 Å². The lowest BCUT2D eigenvalue weighted by molar-refractivity contribution is -0.147. The number of pyridine rings is 1. The highest BCUT2D eigenvalue weighted by Crippen LogP contribution is 2.38. The van der Waals surface area contributed by atoms with Crippen LogP contribution in [-0.4, -0.2) is 65.7 Å². The van der Waals surface area contributed by atoms with Crippen molar-refractivity contribution < 1.29 is 14.4 Å². The summed E-state index contributed by atoms with van der Waals surface area (Å²) in [5.41, 5.74) is -0.0161. The zero-order valence-electron chi connectivity index (χ0n) is 19.4. The Labute approximate surface area is 195 Å². The van der Waals surface area contributed by atoms with Gasteiger partial charge in [0.25, 0.3) is 5.91 Å². The van der Waals surface area contributed by atoms with E-state index in [1.54, 1.807) is 13.2 Å². The number of rotatable bonds is 4. The molecule has 2 aliphatic heterocycles. The molecule has 0 spiro atoms. The SMILES string of the molecule is CNC(=O)[C@]1(c2ccccn2)CCCN(C(=O)C2(C)CCN(C(=O)c3ccccc3)CC2)C1. The molecule has 0 aliphatic carbocycles. The number of nitrogens with zero attached hydrogens (tertiary/aromatic N) is 3. The molecule has 3 amide bonds. The van der Waals surface area contributed by atoms with Gasteiger partial charge in [0.1, 0.15) is 5.41 Å². The average molecular weight is 449 g/mol. The fourth-order valence-corrected chi connectivity index (χ4v) is 5.19. The molecule has 174 valence electrons. The van der Waals surface area contributed by atoms with Crippen molar-refractivity contribution >= 4 is 17.7 Å². The summed E-state index contributed by atoms with van der Waals surface area (Å²) in [4.78, 5) is 47.7. The minimum Gasteiger partial charge on any atom is -0.358 e. The second-order valence-electron chi connectivity index (χ2n) is 9.43. The van der Waals surface area contributed by atoms with Gasteiger partial charge in [0.15, 0.2) is 0 Å². The largest absolute Gasteiger partial charge is 0.358 e. The Morgan fingerprint density at radius 2 is 1.61 bits per heavy atom. The van der Waals surface area contributed by atoms with Crippen molar-refractivity contribution in [3.8, 4) is 0 Å². The maximum absolute atomic E-state index is 13.7. The zero-order valence-corrected chi connectivity index (χ0v) is 19.4. The van der Waals surface area contributed by atoms with Gasteiger partial charge in [0, 0.05) is 50.4 Å². The Kier molecular flexibility index (Phi) is 6.49. The number of amides is 3. The average Bonchev–Trinajstić information content (AvgIpc) is 2.88. The highest BCUT2D eigenvalue weighted by molar-refractivity contribution is 5.94. The van der Waals surface area contributed by atoms with Gasteiger partial charge in [-0.2, -0.15) is 0 Å². The van der Waals surface area contributed by atoms with E-state index in [9.17, 15) is 14.4 Å². The molecule has 0 unspecified atom stereocenters. The van der Waals surface area contributed by atoms with E-state index in [0.717, 1.165) is 6.42 Å². The number of piperidine rings is 2. The summed E-state index contributed by atoms with van der Waals surface area (Å²) in [7, 11) is 1.63. The number of likely N-dealkylation sites (tertiary alicyclic amines) is 2. The molecule has 2 aliphatic rings. The van der Waals surface area contributed by atoms with Crippen LogP contribution in [0.1, 0.15) is 48.7 Å². The molecule has 2 aromatic rings. The number of carbonyl (C=O) groups excluding carboxylic acids is 3. The van der Waals surface area contributed by atoms with Crippen molar-refractivity contribution in [2.75, 3.05) is 33.2 Å². The number of hydrogen-bond donors (Lipinski definition) is 1. The van der Waals surface area contributed by atoms with E-state index in [1.807, 2.05) is 65.3 Å². The molecular weight excluding hydrogens is 416 g/mol. The maximum atomic E-state index is 13.7. The Balaban J connectivity index is 1.48. The predicted molar refractivity (Wildman–Crippen MR) is 125 cm³/mol. The summed E-state index contributed by atoms with van der Waals surface area (Å²) in [6, 6.07) is 14.9. The fraction of sp³-hybridized carbons (Fsp3) is 0.462. The first-order valence-corrected chi connectivity index (χ1v) is 11.7. The molecule has 0 bridgehead atoms. The van der Waals surface area contributed by atoms with E-state index in [1.165, 1.54) is 0 Å². The fourth-order valence-electron chi connectivity index (χ4n) is 5.19. The van der Waals surface area contributed by atoms with Gasteiger partial charge in [-0.3, -0.25) is 19.4 Å². The van der Waals surface area contributed by atoms with Crippen LogP contribution in [0.3, 0.4) is 0 Å². The van der Waals surface area contributed by atoms with Crippen molar-refractivity contribution in [2.45, 2.75) is 38.0 Å². The van der Waals surface area contributed by atoms with Crippen LogP contribution in [0, 0.1) is 5.41 Å². The van der Waals surface area contributed by atoms with Crippen LogP contribution in [0.25, 0.3) is 0 Å². The van der Waals surface area contributed by atoms with E-state index >= 15 is 0 Å². The molecule has 1 aromatic carbocycles. The number of likely N-dealkylation sites (N-methyl/N-ethyl adjacent to an activating group) is 1. The Morgan fingerprint density at radius 1 is 0.909 bits per heavy atom. The second kappa shape index (κ2) is 9.33. The van der Waals surface area contributed by atoms with Gasteiger partial charge in [-0.05, 0) is 49.9 Å². The first-order valence-electron chi connectivity index (χ1n) is 11.7. The molecule has 4 rings (SSSR count). The summed E-state index contributed by atoms with van der Waals surface area (Å²) in [5, 5.41) is 2.80. The summed E-state index contributed by atoms with van der Waals surface area (Å²) in [5.74, 6) is -0.0257. The number of aromatic nitrogens is 1. The van der Waals surface area contributed by atoms with Crippen LogP contribution in [0.15, 0.2) is 54.7 Å². The predicted octanol–water partition coefficient (Wildman–Crippen LogP) is 2.63. The number of benzene rings is 1. The highest BCUT2D eigenvalue weighted by Gasteiger charge is 2.48. The first-order chi connectivity index (χ1) is 15.9. The van der Waals surface area contributed by atoms with E-state index in [4.69, 9.17) is 0 Å². The Bertz CT molecular complexity index is 1000. The maximum Gasteiger partial charge on any atom is 0.253 e.